The molecule has 3 rings (SSSR count). The lowest BCUT2D eigenvalue weighted by Gasteiger charge is -2.07. The van der Waals surface area contributed by atoms with Crippen molar-refractivity contribution in [2.75, 3.05) is 5.73 Å². The van der Waals surface area contributed by atoms with E-state index in [-0.39, 0.29) is 5.56 Å². The number of anilines is 1. The van der Waals surface area contributed by atoms with E-state index in [1.807, 2.05) is 44.3 Å². The van der Waals surface area contributed by atoms with Crippen LogP contribution in [0.3, 0.4) is 0 Å². The van der Waals surface area contributed by atoms with Crippen LogP contribution in [0.15, 0.2) is 51.6 Å². The summed E-state index contributed by atoms with van der Waals surface area (Å²) in [7, 11) is 1.81. The van der Waals surface area contributed by atoms with Crippen LogP contribution in [0.5, 0.6) is 0 Å². The van der Waals surface area contributed by atoms with Crippen LogP contribution in [0.25, 0.3) is 5.69 Å². The summed E-state index contributed by atoms with van der Waals surface area (Å²) in [6.45, 7) is 1.83. The quantitative estimate of drug-likeness (QED) is 0.753. The molecule has 2 heterocycles. The fourth-order valence-electron chi connectivity index (χ4n) is 2.09. The summed E-state index contributed by atoms with van der Waals surface area (Å²) in [5.41, 5.74) is 7.15. The van der Waals surface area contributed by atoms with Crippen LogP contribution in [0.2, 0.25) is 0 Å². The lowest BCUT2D eigenvalue weighted by molar-refractivity contribution is 0.630. The normalized spacial score (nSPS) is 11.4. The third kappa shape index (κ3) is 2.44. The van der Waals surface area contributed by atoms with Crippen molar-refractivity contribution in [2.24, 2.45) is 17.3 Å². The number of hydrogen-bond acceptors (Lipinski definition) is 6. The second-order valence-electron chi connectivity index (χ2n) is 4.65. The predicted octanol–water partition coefficient (Wildman–Crippen LogP) is 2.94. The lowest BCUT2D eigenvalue weighted by Crippen LogP contribution is -2.19. The maximum absolute atomic E-state index is 12.6. The van der Waals surface area contributed by atoms with Gasteiger partial charge in [-0.05, 0) is 19.1 Å². The minimum atomic E-state index is -0.215. The molecular weight excluding hydrogens is 300 g/mol. The van der Waals surface area contributed by atoms with Crippen molar-refractivity contribution >= 4 is 27.2 Å². The summed E-state index contributed by atoms with van der Waals surface area (Å²) in [6.07, 6.45) is 1.53. The van der Waals surface area contributed by atoms with Gasteiger partial charge in [-0.3, -0.25) is 9.48 Å². The first kappa shape index (κ1) is 14.2. The minimum absolute atomic E-state index is 0.215. The minimum Gasteiger partial charge on any atom is -0.375 e. The third-order valence-electron chi connectivity index (χ3n) is 3.28. The number of nitrogens with two attached hydrogens (primary N) is 1. The van der Waals surface area contributed by atoms with Crippen molar-refractivity contribution in [3.8, 4) is 5.69 Å². The van der Waals surface area contributed by atoms with Crippen molar-refractivity contribution in [1.82, 2.24) is 14.3 Å². The number of benzene rings is 1. The van der Waals surface area contributed by atoms with E-state index >= 15 is 0 Å². The van der Waals surface area contributed by atoms with Gasteiger partial charge < -0.3 is 5.73 Å². The summed E-state index contributed by atoms with van der Waals surface area (Å²) in [4.78, 5) is 16.5. The number of nitrogens with zero attached hydrogens (tertiary/aromatic N) is 5. The summed E-state index contributed by atoms with van der Waals surface area (Å²) in [6, 6.07) is 9.40. The molecule has 0 fully saturated rings. The van der Waals surface area contributed by atoms with E-state index in [0.717, 1.165) is 11.4 Å². The molecule has 0 aliphatic carbocycles. The summed E-state index contributed by atoms with van der Waals surface area (Å²) < 4.78 is 3.32. The van der Waals surface area contributed by atoms with Gasteiger partial charge in [-0.2, -0.15) is 0 Å². The molecule has 0 radical (unpaired) electrons. The molecular formula is C14H14N6OS. The summed E-state index contributed by atoms with van der Waals surface area (Å²) in [5.74, 6) is 0. The Labute approximate surface area is 130 Å². The zero-order valence-corrected chi connectivity index (χ0v) is 12.9. The summed E-state index contributed by atoms with van der Waals surface area (Å²) >= 11 is 1.22. The molecule has 112 valence electrons. The molecule has 0 saturated heterocycles. The highest BCUT2D eigenvalue weighted by molar-refractivity contribution is 7.18. The largest absolute Gasteiger partial charge is 0.375 e. The highest BCUT2D eigenvalue weighted by atomic mass is 32.1. The Bertz CT molecular complexity index is 890. The summed E-state index contributed by atoms with van der Waals surface area (Å²) in [5, 5.41) is 9.10. The number of aromatic nitrogens is 3. The van der Waals surface area contributed by atoms with Crippen molar-refractivity contribution in [3.63, 3.8) is 0 Å². The van der Waals surface area contributed by atoms with Gasteiger partial charge >= 0.3 is 0 Å². The number of azo groups is 1. The Morgan fingerprint density at radius 3 is 2.59 bits per heavy atom. The van der Waals surface area contributed by atoms with Gasteiger partial charge in [0, 0.05) is 7.05 Å². The van der Waals surface area contributed by atoms with Crippen LogP contribution in [0.1, 0.15) is 5.69 Å². The van der Waals surface area contributed by atoms with Gasteiger partial charge in [0.05, 0.1) is 17.6 Å². The van der Waals surface area contributed by atoms with E-state index in [4.69, 9.17) is 5.73 Å². The average molecular weight is 314 g/mol. The van der Waals surface area contributed by atoms with Crippen LogP contribution in [0, 0.1) is 6.92 Å². The maximum Gasteiger partial charge on any atom is 0.299 e. The first-order valence-corrected chi connectivity index (χ1v) is 7.36. The molecule has 2 N–H and O–H groups in total. The second kappa shape index (κ2) is 5.57. The van der Waals surface area contributed by atoms with E-state index in [1.165, 1.54) is 17.5 Å². The Morgan fingerprint density at radius 2 is 1.95 bits per heavy atom. The molecule has 1 aromatic carbocycles. The SMILES string of the molecule is Cc1c(N=Nc2cnc(N)s2)c(=O)n(-c2ccccc2)n1C. The molecule has 7 nitrogen and oxygen atoms in total. The Balaban J connectivity index is 2.07. The van der Waals surface area contributed by atoms with E-state index < -0.39 is 0 Å². The van der Waals surface area contributed by atoms with Crippen LogP contribution < -0.4 is 11.3 Å². The van der Waals surface area contributed by atoms with Gasteiger partial charge in [0.15, 0.2) is 15.8 Å². The molecule has 0 amide bonds. The average Bonchev–Trinajstić information content (AvgIpc) is 3.02. The van der Waals surface area contributed by atoms with Crippen molar-refractivity contribution in [3.05, 3.63) is 52.6 Å². The molecule has 0 saturated carbocycles. The van der Waals surface area contributed by atoms with Gasteiger partial charge in [-0.15, -0.1) is 10.2 Å². The van der Waals surface area contributed by atoms with Crippen molar-refractivity contribution in [2.45, 2.75) is 6.92 Å². The van der Waals surface area contributed by atoms with Crippen molar-refractivity contribution in [1.29, 1.82) is 0 Å². The molecule has 2 aromatic heterocycles. The zero-order chi connectivity index (χ0) is 15.7. The first-order valence-electron chi connectivity index (χ1n) is 6.55. The Kier molecular flexibility index (Phi) is 3.60. The topological polar surface area (TPSA) is 90.6 Å². The predicted molar refractivity (Wildman–Crippen MR) is 86.4 cm³/mol. The number of thiazole rings is 1. The molecule has 0 aliphatic rings. The second-order valence-corrected chi connectivity index (χ2v) is 5.69. The zero-order valence-electron chi connectivity index (χ0n) is 12.1. The highest BCUT2D eigenvalue weighted by Gasteiger charge is 2.15. The Hall–Kier alpha value is -2.74. The monoisotopic (exact) mass is 314 g/mol. The highest BCUT2D eigenvalue weighted by Crippen LogP contribution is 2.26. The van der Waals surface area contributed by atoms with Crippen LogP contribution in [0.4, 0.5) is 15.8 Å². The van der Waals surface area contributed by atoms with Gasteiger partial charge in [-0.25, -0.2) is 9.67 Å². The molecule has 0 unspecified atom stereocenters. The van der Waals surface area contributed by atoms with Gasteiger partial charge in [-0.1, -0.05) is 29.5 Å². The lowest BCUT2D eigenvalue weighted by atomic mass is 10.3. The standard InChI is InChI=1S/C14H14N6OS/c1-9-12(18-17-11-8-16-14(15)22-11)13(21)20(19(9)2)10-6-4-3-5-7-10/h3-8H,1-2H3,(H2,15,16). The Morgan fingerprint density at radius 1 is 1.23 bits per heavy atom. The molecule has 0 aliphatic heterocycles. The molecule has 0 spiro atoms. The van der Waals surface area contributed by atoms with Crippen LogP contribution >= 0.6 is 11.3 Å². The van der Waals surface area contributed by atoms with Crippen molar-refractivity contribution < 1.29 is 0 Å². The van der Waals surface area contributed by atoms with Gasteiger partial charge in [0.25, 0.3) is 5.56 Å². The number of hydrogen-bond donors (Lipinski definition) is 1. The first-order chi connectivity index (χ1) is 10.6. The van der Waals surface area contributed by atoms with E-state index in [1.54, 1.807) is 9.36 Å². The number of para-hydroxylation sites is 1. The smallest absolute Gasteiger partial charge is 0.299 e. The third-order valence-corrected chi connectivity index (χ3v) is 3.99. The molecule has 22 heavy (non-hydrogen) atoms. The van der Waals surface area contributed by atoms with Crippen LogP contribution in [-0.4, -0.2) is 14.3 Å². The van der Waals surface area contributed by atoms with E-state index in [9.17, 15) is 4.79 Å². The molecule has 3 aromatic rings. The number of rotatable bonds is 3. The van der Waals surface area contributed by atoms with E-state index in [2.05, 4.69) is 15.2 Å². The molecule has 0 bridgehead atoms. The molecule has 8 heteroatoms. The fraction of sp³-hybridized carbons (Fsp3) is 0.143. The van der Waals surface area contributed by atoms with Crippen LogP contribution in [-0.2, 0) is 7.05 Å². The van der Waals surface area contributed by atoms with Gasteiger partial charge in [0.2, 0.25) is 0 Å². The fourth-order valence-corrected chi connectivity index (χ4v) is 2.60. The van der Waals surface area contributed by atoms with E-state index in [0.29, 0.717) is 15.8 Å². The molecule has 0 atom stereocenters. The number of nitrogen functional groups attached to an aromatic ring is 1. The maximum atomic E-state index is 12.6. The van der Waals surface area contributed by atoms with Gasteiger partial charge in [0.1, 0.15) is 0 Å².